The lowest BCUT2D eigenvalue weighted by Crippen LogP contribution is -2.17. The van der Waals surface area contributed by atoms with Crippen LogP contribution in [0.1, 0.15) is 27.0 Å². The van der Waals surface area contributed by atoms with E-state index in [1.165, 1.54) is 7.11 Å². The summed E-state index contributed by atoms with van der Waals surface area (Å²) in [6.45, 7) is 3.71. The maximum Gasteiger partial charge on any atom is 0.270 e. The Morgan fingerprint density at radius 2 is 1.65 bits per heavy atom. The summed E-state index contributed by atoms with van der Waals surface area (Å²) in [7, 11) is 1.35. The van der Waals surface area contributed by atoms with E-state index < -0.39 is 5.91 Å². The van der Waals surface area contributed by atoms with E-state index in [4.69, 9.17) is 0 Å². The van der Waals surface area contributed by atoms with Crippen molar-refractivity contribution in [3.63, 3.8) is 0 Å². The van der Waals surface area contributed by atoms with Gasteiger partial charge in [-0.25, -0.2) is 0 Å². The number of carbonyl (C=O) groups is 2. The summed E-state index contributed by atoms with van der Waals surface area (Å²) < 4.78 is 0. The van der Waals surface area contributed by atoms with Crippen molar-refractivity contribution in [2.45, 2.75) is 13.8 Å². The van der Waals surface area contributed by atoms with Gasteiger partial charge in [-0.1, -0.05) is 41.6 Å². The van der Waals surface area contributed by atoms with Gasteiger partial charge < -0.3 is 10.2 Å². The number of para-hydroxylation sites is 1. The van der Waals surface area contributed by atoms with Gasteiger partial charge in [-0.3, -0.25) is 9.59 Å². The number of hydrogen-bond donors (Lipinski definition) is 1. The number of anilines is 1. The molecule has 0 aliphatic rings. The summed E-state index contributed by atoms with van der Waals surface area (Å²) in [5, 5.41) is 6.12. The predicted molar refractivity (Wildman–Crippen MR) is 89.9 cm³/mol. The number of carbonyl (C=O) groups excluding carboxylic acids is 2. The van der Waals surface area contributed by atoms with Crippen LogP contribution in [0.3, 0.4) is 0 Å². The van der Waals surface area contributed by atoms with Crippen LogP contribution in [0.15, 0.2) is 47.6 Å². The van der Waals surface area contributed by atoms with Gasteiger partial charge in [-0.15, -0.1) is 0 Å². The number of benzene rings is 2. The van der Waals surface area contributed by atoms with E-state index in [0.717, 1.165) is 17.3 Å². The lowest BCUT2D eigenvalue weighted by atomic mass is 9.96. The molecular weight excluding hydrogens is 292 g/mol. The molecule has 5 heteroatoms. The van der Waals surface area contributed by atoms with Crippen LogP contribution >= 0.6 is 0 Å². The monoisotopic (exact) mass is 310 g/mol. The van der Waals surface area contributed by atoms with E-state index in [1.54, 1.807) is 18.2 Å². The molecule has 0 bridgehead atoms. The molecule has 2 aromatic rings. The molecule has 0 saturated heterocycles. The van der Waals surface area contributed by atoms with Crippen LogP contribution in [-0.2, 0) is 9.63 Å². The maximum atomic E-state index is 12.8. The zero-order chi connectivity index (χ0) is 16.8. The lowest BCUT2D eigenvalue weighted by Gasteiger charge is -2.13. The number of amides is 1. The zero-order valence-electron chi connectivity index (χ0n) is 13.3. The Morgan fingerprint density at radius 1 is 1.00 bits per heavy atom. The average molecular weight is 310 g/mol. The molecule has 0 unspecified atom stereocenters. The molecule has 0 saturated carbocycles. The minimum Gasteiger partial charge on any atom is -0.399 e. The highest BCUT2D eigenvalue weighted by Gasteiger charge is 2.17. The first-order valence-corrected chi connectivity index (χ1v) is 7.12. The Hall–Kier alpha value is -2.95. The van der Waals surface area contributed by atoms with Gasteiger partial charge in [-0.05, 0) is 31.0 Å². The zero-order valence-corrected chi connectivity index (χ0v) is 13.3. The number of oxime groups is 1. The van der Waals surface area contributed by atoms with E-state index in [-0.39, 0.29) is 5.78 Å². The van der Waals surface area contributed by atoms with Crippen molar-refractivity contribution in [1.82, 2.24) is 0 Å². The summed E-state index contributed by atoms with van der Waals surface area (Å²) in [6, 6.07) is 12.7. The molecule has 2 rings (SSSR count). The topological polar surface area (TPSA) is 67.8 Å². The number of rotatable bonds is 5. The number of ketones is 1. The molecule has 2 aromatic carbocycles. The summed E-state index contributed by atoms with van der Waals surface area (Å²) in [5.41, 5.74) is 3.21. The number of nitrogens with zero attached hydrogens (tertiary/aromatic N) is 1. The maximum absolute atomic E-state index is 12.8. The van der Waals surface area contributed by atoms with Gasteiger partial charge in [0.1, 0.15) is 13.3 Å². The van der Waals surface area contributed by atoms with Gasteiger partial charge in [0, 0.05) is 11.1 Å². The molecule has 0 aliphatic carbocycles. The van der Waals surface area contributed by atoms with Gasteiger partial charge in [0.15, 0.2) is 5.78 Å². The molecule has 0 heterocycles. The van der Waals surface area contributed by atoms with Crippen LogP contribution in [0.5, 0.6) is 0 Å². The summed E-state index contributed by atoms with van der Waals surface area (Å²) >= 11 is 0. The van der Waals surface area contributed by atoms with Crippen molar-refractivity contribution < 1.29 is 14.4 Å². The van der Waals surface area contributed by atoms with Crippen molar-refractivity contribution in [3.05, 3.63) is 64.7 Å². The van der Waals surface area contributed by atoms with Gasteiger partial charge in [0.2, 0.25) is 0 Å². The fourth-order valence-corrected chi connectivity index (χ4v) is 2.25. The van der Waals surface area contributed by atoms with E-state index in [2.05, 4.69) is 15.3 Å². The van der Waals surface area contributed by atoms with Crippen LogP contribution in [0.25, 0.3) is 0 Å². The van der Waals surface area contributed by atoms with E-state index in [0.29, 0.717) is 16.8 Å². The van der Waals surface area contributed by atoms with E-state index in [9.17, 15) is 9.59 Å². The predicted octanol–water partition coefficient (Wildman–Crippen LogP) is 3.11. The second-order valence-electron chi connectivity index (χ2n) is 5.05. The van der Waals surface area contributed by atoms with Crippen molar-refractivity contribution >= 4 is 23.6 Å². The minimum atomic E-state index is -0.458. The number of aryl methyl sites for hydroxylation is 2. The fourth-order valence-electron chi connectivity index (χ4n) is 2.25. The van der Waals surface area contributed by atoms with E-state index in [1.807, 2.05) is 38.1 Å². The molecule has 0 fully saturated rings. The third-order valence-electron chi connectivity index (χ3n) is 3.43. The molecule has 5 nitrogen and oxygen atoms in total. The third kappa shape index (κ3) is 3.83. The summed E-state index contributed by atoms with van der Waals surface area (Å²) in [4.78, 5) is 29.2. The van der Waals surface area contributed by atoms with Gasteiger partial charge in [0.25, 0.3) is 5.91 Å². The first-order valence-electron chi connectivity index (χ1n) is 7.12. The molecule has 1 N–H and O–H groups in total. The van der Waals surface area contributed by atoms with Crippen molar-refractivity contribution in [1.29, 1.82) is 0 Å². The van der Waals surface area contributed by atoms with Gasteiger partial charge in [0.05, 0.1) is 5.69 Å². The Morgan fingerprint density at radius 3 is 2.35 bits per heavy atom. The Kier molecular flexibility index (Phi) is 5.25. The Bertz CT molecular complexity index is 767. The molecule has 118 valence electrons. The van der Waals surface area contributed by atoms with Crippen molar-refractivity contribution in [2.24, 2.45) is 5.16 Å². The summed E-state index contributed by atoms with van der Waals surface area (Å²) in [5.74, 6) is -0.592. The van der Waals surface area contributed by atoms with Crippen molar-refractivity contribution in [2.75, 3.05) is 12.4 Å². The average Bonchev–Trinajstić information content (AvgIpc) is 2.54. The molecule has 0 aliphatic heterocycles. The van der Waals surface area contributed by atoms with Crippen molar-refractivity contribution in [3.8, 4) is 0 Å². The van der Waals surface area contributed by atoms with Crippen LogP contribution in [0.4, 0.5) is 5.69 Å². The standard InChI is InChI=1S/C18H18N2O3/c1-12-7-4-5-9-14(12)18(22)15-10-6-8-13(2)17(15)20-16(21)11-19-23-3/h4-11H,1-3H3,(H,20,21)/b19-11+. The van der Waals surface area contributed by atoms with Crippen LogP contribution in [0, 0.1) is 13.8 Å². The first kappa shape index (κ1) is 16.4. The molecule has 0 aromatic heterocycles. The molecule has 1 amide bonds. The largest absolute Gasteiger partial charge is 0.399 e. The minimum absolute atomic E-state index is 0.134. The second-order valence-corrected chi connectivity index (χ2v) is 5.05. The number of hydrogen-bond acceptors (Lipinski definition) is 4. The number of nitrogens with one attached hydrogen (secondary N) is 1. The molecular formula is C18H18N2O3. The smallest absolute Gasteiger partial charge is 0.270 e. The summed E-state index contributed by atoms with van der Waals surface area (Å²) in [6.07, 6.45) is 1.02. The highest BCUT2D eigenvalue weighted by molar-refractivity contribution is 6.32. The normalized spacial score (nSPS) is 10.6. The molecule has 23 heavy (non-hydrogen) atoms. The fraction of sp³-hybridized carbons (Fsp3) is 0.167. The SMILES string of the molecule is CO/N=C/C(=O)Nc1c(C)cccc1C(=O)c1ccccc1C. The second kappa shape index (κ2) is 7.35. The van der Waals surface area contributed by atoms with Gasteiger partial charge in [-0.2, -0.15) is 0 Å². The first-order chi connectivity index (χ1) is 11.0. The highest BCUT2D eigenvalue weighted by Crippen LogP contribution is 2.24. The Labute approximate surface area is 135 Å². The van der Waals surface area contributed by atoms with Crippen LogP contribution in [0.2, 0.25) is 0 Å². The van der Waals surface area contributed by atoms with E-state index >= 15 is 0 Å². The quantitative estimate of drug-likeness (QED) is 0.524. The van der Waals surface area contributed by atoms with Crippen LogP contribution < -0.4 is 5.32 Å². The molecule has 0 atom stereocenters. The third-order valence-corrected chi connectivity index (χ3v) is 3.43. The molecule has 0 radical (unpaired) electrons. The Balaban J connectivity index is 2.42. The molecule has 0 spiro atoms. The van der Waals surface area contributed by atoms with Gasteiger partial charge >= 0.3 is 0 Å². The lowest BCUT2D eigenvalue weighted by molar-refractivity contribution is -0.110. The van der Waals surface area contributed by atoms with Crippen LogP contribution in [-0.4, -0.2) is 25.0 Å². The highest BCUT2D eigenvalue weighted by atomic mass is 16.6.